The molecule has 2 aromatic carbocycles. The van der Waals surface area contributed by atoms with Crippen LogP contribution in [0.5, 0.6) is 0 Å². The molecule has 4 heteroatoms. The summed E-state index contributed by atoms with van der Waals surface area (Å²) in [5, 5.41) is 5.21. The maximum absolute atomic E-state index is 12.0. The van der Waals surface area contributed by atoms with Crippen molar-refractivity contribution in [2.75, 3.05) is 0 Å². The van der Waals surface area contributed by atoms with E-state index in [4.69, 9.17) is 4.74 Å². The number of carbonyl (C=O) groups is 1. The predicted octanol–water partition coefficient (Wildman–Crippen LogP) is 3.78. The Morgan fingerprint density at radius 3 is 2.71 bits per heavy atom. The lowest BCUT2D eigenvalue weighted by Crippen LogP contribution is -2.13. The first kappa shape index (κ1) is 13.4. The Bertz CT molecular complexity index is 763. The van der Waals surface area contributed by atoms with E-state index >= 15 is 0 Å². The van der Waals surface area contributed by atoms with Gasteiger partial charge in [-0.2, -0.15) is 9.78 Å². The number of benzene rings is 2. The van der Waals surface area contributed by atoms with Crippen molar-refractivity contribution in [3.8, 4) is 0 Å². The highest BCUT2D eigenvalue weighted by Gasteiger charge is 2.10. The molecule has 0 aliphatic carbocycles. The van der Waals surface area contributed by atoms with Gasteiger partial charge in [0.15, 0.2) is 0 Å². The Balaban J connectivity index is 1.75. The molecule has 106 valence electrons. The van der Waals surface area contributed by atoms with Crippen LogP contribution in [0.2, 0.25) is 0 Å². The summed E-state index contributed by atoms with van der Waals surface area (Å²) in [6.07, 6.45) is 2.18. The van der Waals surface area contributed by atoms with Crippen LogP contribution in [0.3, 0.4) is 0 Å². The highest BCUT2D eigenvalue weighted by atomic mass is 16.6. The van der Waals surface area contributed by atoms with Gasteiger partial charge in [-0.25, -0.2) is 4.79 Å². The molecule has 0 radical (unpaired) electrons. The van der Waals surface area contributed by atoms with E-state index in [-0.39, 0.29) is 6.61 Å². The molecule has 0 aliphatic rings. The van der Waals surface area contributed by atoms with E-state index in [1.54, 1.807) is 6.20 Å². The summed E-state index contributed by atoms with van der Waals surface area (Å²) in [6, 6.07) is 15.6. The Kier molecular flexibility index (Phi) is 3.69. The first-order valence-electron chi connectivity index (χ1n) is 6.95. The van der Waals surface area contributed by atoms with E-state index in [1.807, 2.05) is 48.5 Å². The van der Waals surface area contributed by atoms with Crippen LogP contribution in [0.25, 0.3) is 10.9 Å². The summed E-state index contributed by atoms with van der Waals surface area (Å²) in [5.41, 5.74) is 2.97. The quantitative estimate of drug-likeness (QED) is 0.733. The van der Waals surface area contributed by atoms with Crippen molar-refractivity contribution in [1.82, 2.24) is 9.78 Å². The van der Waals surface area contributed by atoms with E-state index < -0.39 is 6.09 Å². The zero-order valence-corrected chi connectivity index (χ0v) is 11.8. The van der Waals surface area contributed by atoms with Crippen LogP contribution >= 0.6 is 0 Å². The number of rotatable bonds is 3. The summed E-state index contributed by atoms with van der Waals surface area (Å²) < 4.78 is 6.52. The average molecular weight is 280 g/mol. The fraction of sp³-hybridized carbons (Fsp3) is 0.176. The summed E-state index contributed by atoms with van der Waals surface area (Å²) >= 11 is 0. The maximum atomic E-state index is 12.0. The van der Waals surface area contributed by atoms with Gasteiger partial charge in [0.1, 0.15) is 6.61 Å². The third kappa shape index (κ3) is 2.94. The van der Waals surface area contributed by atoms with Gasteiger partial charge in [0.05, 0.1) is 5.52 Å². The van der Waals surface area contributed by atoms with Crippen LogP contribution in [-0.2, 0) is 17.8 Å². The zero-order chi connectivity index (χ0) is 14.7. The molecule has 3 rings (SSSR count). The van der Waals surface area contributed by atoms with Gasteiger partial charge in [0.2, 0.25) is 0 Å². The third-order valence-electron chi connectivity index (χ3n) is 3.37. The average Bonchev–Trinajstić information content (AvgIpc) is 2.96. The smallest absolute Gasteiger partial charge is 0.435 e. The van der Waals surface area contributed by atoms with Gasteiger partial charge >= 0.3 is 6.09 Å². The number of nitrogens with zero attached hydrogens (tertiary/aromatic N) is 2. The molecule has 0 unspecified atom stereocenters. The molecule has 1 aromatic heterocycles. The molecular formula is C17H16N2O2. The SMILES string of the molecule is CCc1ccc2cn(C(=O)OCc3ccccc3)nc2c1. The van der Waals surface area contributed by atoms with Crippen molar-refractivity contribution in [2.24, 2.45) is 0 Å². The van der Waals surface area contributed by atoms with Crippen molar-refractivity contribution in [2.45, 2.75) is 20.0 Å². The number of hydrogen-bond donors (Lipinski definition) is 0. The number of fused-ring (bicyclic) bond motifs is 1. The number of ether oxygens (including phenoxy) is 1. The lowest BCUT2D eigenvalue weighted by Gasteiger charge is -2.03. The van der Waals surface area contributed by atoms with Crippen LogP contribution in [-0.4, -0.2) is 15.9 Å². The Morgan fingerprint density at radius 1 is 1.14 bits per heavy atom. The zero-order valence-electron chi connectivity index (χ0n) is 11.8. The van der Waals surface area contributed by atoms with E-state index in [0.29, 0.717) is 0 Å². The van der Waals surface area contributed by atoms with Crippen LogP contribution in [0.1, 0.15) is 18.1 Å². The summed E-state index contributed by atoms with van der Waals surface area (Å²) in [4.78, 5) is 12.0. The van der Waals surface area contributed by atoms with Crippen molar-refractivity contribution in [3.63, 3.8) is 0 Å². The van der Waals surface area contributed by atoms with Crippen LogP contribution in [0, 0.1) is 0 Å². The van der Waals surface area contributed by atoms with Gasteiger partial charge in [-0.1, -0.05) is 49.4 Å². The number of hydrogen-bond acceptors (Lipinski definition) is 3. The van der Waals surface area contributed by atoms with Gasteiger partial charge in [0.25, 0.3) is 0 Å². The highest BCUT2D eigenvalue weighted by molar-refractivity contribution is 5.83. The molecule has 21 heavy (non-hydrogen) atoms. The number of aryl methyl sites for hydroxylation is 1. The van der Waals surface area contributed by atoms with E-state index in [0.717, 1.165) is 22.9 Å². The Hall–Kier alpha value is -2.62. The first-order valence-corrected chi connectivity index (χ1v) is 6.95. The van der Waals surface area contributed by atoms with Gasteiger partial charge in [-0.05, 0) is 23.6 Å². The molecule has 0 saturated carbocycles. The fourth-order valence-electron chi connectivity index (χ4n) is 2.16. The highest BCUT2D eigenvalue weighted by Crippen LogP contribution is 2.15. The molecule has 0 bridgehead atoms. The molecule has 0 N–H and O–H groups in total. The standard InChI is InChI=1S/C17H16N2O2/c1-2-13-8-9-15-11-19(18-16(15)10-13)17(20)21-12-14-6-4-3-5-7-14/h3-11H,2,12H2,1H3. The third-order valence-corrected chi connectivity index (χ3v) is 3.37. The Labute approximate surface area is 123 Å². The first-order chi connectivity index (χ1) is 10.3. The van der Waals surface area contributed by atoms with Gasteiger partial charge in [0, 0.05) is 11.6 Å². The summed E-state index contributed by atoms with van der Waals surface area (Å²) in [5.74, 6) is 0. The van der Waals surface area contributed by atoms with Crippen LogP contribution < -0.4 is 0 Å². The van der Waals surface area contributed by atoms with Gasteiger partial charge in [-0.3, -0.25) is 0 Å². The van der Waals surface area contributed by atoms with Crippen LogP contribution in [0.15, 0.2) is 54.7 Å². The molecule has 0 amide bonds. The molecule has 1 heterocycles. The molecule has 3 aromatic rings. The summed E-state index contributed by atoms with van der Waals surface area (Å²) in [7, 11) is 0. The normalized spacial score (nSPS) is 10.7. The molecular weight excluding hydrogens is 264 g/mol. The topological polar surface area (TPSA) is 44.1 Å². The second-order valence-corrected chi connectivity index (χ2v) is 4.86. The van der Waals surface area contributed by atoms with Gasteiger partial charge in [-0.15, -0.1) is 0 Å². The minimum atomic E-state index is -0.465. The van der Waals surface area contributed by atoms with Crippen molar-refractivity contribution in [1.29, 1.82) is 0 Å². The lowest BCUT2D eigenvalue weighted by molar-refractivity contribution is 0.138. The van der Waals surface area contributed by atoms with Crippen molar-refractivity contribution < 1.29 is 9.53 Å². The van der Waals surface area contributed by atoms with E-state index in [2.05, 4.69) is 12.0 Å². The number of carbonyl (C=O) groups excluding carboxylic acids is 1. The molecule has 0 atom stereocenters. The number of aromatic nitrogens is 2. The minimum Gasteiger partial charge on any atom is -0.443 e. The van der Waals surface area contributed by atoms with E-state index in [1.165, 1.54) is 10.2 Å². The van der Waals surface area contributed by atoms with Gasteiger partial charge < -0.3 is 4.74 Å². The largest absolute Gasteiger partial charge is 0.443 e. The second-order valence-electron chi connectivity index (χ2n) is 4.86. The minimum absolute atomic E-state index is 0.246. The summed E-state index contributed by atoms with van der Waals surface area (Å²) in [6.45, 7) is 2.34. The molecule has 0 saturated heterocycles. The van der Waals surface area contributed by atoms with E-state index in [9.17, 15) is 4.79 Å². The fourth-order valence-corrected chi connectivity index (χ4v) is 2.16. The Morgan fingerprint density at radius 2 is 1.95 bits per heavy atom. The molecule has 4 nitrogen and oxygen atoms in total. The van der Waals surface area contributed by atoms with Crippen LogP contribution in [0.4, 0.5) is 4.79 Å². The maximum Gasteiger partial charge on any atom is 0.435 e. The molecule has 0 spiro atoms. The monoisotopic (exact) mass is 280 g/mol. The lowest BCUT2D eigenvalue weighted by atomic mass is 10.1. The van der Waals surface area contributed by atoms with Crippen molar-refractivity contribution >= 4 is 17.0 Å². The predicted molar refractivity (Wildman–Crippen MR) is 81.1 cm³/mol. The molecule has 0 aliphatic heterocycles. The molecule has 0 fully saturated rings. The van der Waals surface area contributed by atoms with Crippen molar-refractivity contribution in [3.05, 3.63) is 65.9 Å². The second kappa shape index (κ2) is 5.79.